The van der Waals surface area contributed by atoms with Crippen molar-refractivity contribution in [3.63, 3.8) is 0 Å². The number of fused-ring (bicyclic) bond motifs is 4. The summed E-state index contributed by atoms with van der Waals surface area (Å²) in [4.78, 5) is 50.4. The zero-order valence-corrected chi connectivity index (χ0v) is 31.7. The molecule has 2 spiro atoms. The van der Waals surface area contributed by atoms with Crippen molar-refractivity contribution in [1.29, 1.82) is 0 Å². The van der Waals surface area contributed by atoms with Crippen LogP contribution >= 0.6 is 21.6 Å². The second-order valence-corrected chi connectivity index (χ2v) is 19.1. The van der Waals surface area contributed by atoms with Gasteiger partial charge in [0.05, 0.1) is 32.2 Å². The topological polar surface area (TPSA) is 143 Å². The first-order valence-corrected chi connectivity index (χ1v) is 21.7. The van der Waals surface area contributed by atoms with Gasteiger partial charge in [-0.05, 0) is 81.6 Å². The Bertz CT molecular complexity index is 1460. The molecule has 51 heavy (non-hydrogen) atoms. The number of ether oxygens (including phenoxy) is 7. The number of esters is 4. The first-order valence-electron chi connectivity index (χ1n) is 19.3. The molecule has 0 N–H and O–H groups in total. The lowest BCUT2D eigenvalue weighted by Crippen LogP contribution is -2.70. The van der Waals surface area contributed by atoms with Crippen LogP contribution in [0.3, 0.4) is 0 Å². The van der Waals surface area contributed by atoms with Crippen LogP contribution in [-0.2, 0) is 52.3 Å². The Morgan fingerprint density at radius 1 is 0.902 bits per heavy atom. The molecule has 6 fully saturated rings. The van der Waals surface area contributed by atoms with Gasteiger partial charge in [0.15, 0.2) is 11.7 Å². The number of epoxide rings is 3. The third-order valence-electron chi connectivity index (χ3n) is 13.3. The molecular weight excluding hydrogens is 697 g/mol. The van der Waals surface area contributed by atoms with Crippen molar-refractivity contribution in [1.82, 2.24) is 0 Å². The first-order chi connectivity index (χ1) is 24.6. The van der Waals surface area contributed by atoms with Crippen LogP contribution in [0, 0.1) is 17.3 Å². The van der Waals surface area contributed by atoms with Crippen molar-refractivity contribution < 1.29 is 52.3 Å². The fraction of sp³-hybridized carbons (Fsp3) is 0.842. The summed E-state index contributed by atoms with van der Waals surface area (Å²) >= 11 is 0. The highest BCUT2D eigenvalue weighted by Crippen LogP contribution is 2.83. The minimum atomic E-state index is -0.816. The highest BCUT2D eigenvalue weighted by molar-refractivity contribution is 8.77. The number of cyclic esters (lactones) is 1. The maximum atomic E-state index is 13.4. The van der Waals surface area contributed by atoms with E-state index in [-0.39, 0.29) is 66.9 Å². The molecule has 13 heteroatoms. The summed E-state index contributed by atoms with van der Waals surface area (Å²) in [5.74, 6) is 0.179. The van der Waals surface area contributed by atoms with Crippen LogP contribution in [0.4, 0.5) is 0 Å². The maximum absolute atomic E-state index is 13.4. The Hall–Kier alpha value is -1.80. The molecule has 2 saturated carbocycles. The van der Waals surface area contributed by atoms with Crippen LogP contribution in [0.25, 0.3) is 0 Å². The molecule has 10 atom stereocenters. The number of unbranched alkanes of at least 4 members (excludes halogenated alkanes) is 4. The molecule has 11 nitrogen and oxygen atoms in total. The van der Waals surface area contributed by atoms with Gasteiger partial charge >= 0.3 is 23.9 Å². The molecule has 4 saturated heterocycles. The molecule has 5 aliphatic heterocycles. The maximum Gasteiger partial charge on any atom is 0.334 e. The Balaban J connectivity index is 0.766. The van der Waals surface area contributed by atoms with Crippen LogP contribution in [0.2, 0.25) is 0 Å². The van der Waals surface area contributed by atoms with Gasteiger partial charge in [0.25, 0.3) is 0 Å². The van der Waals surface area contributed by atoms with Crippen molar-refractivity contribution >= 4 is 45.5 Å². The van der Waals surface area contributed by atoms with E-state index >= 15 is 0 Å². The van der Waals surface area contributed by atoms with E-state index in [9.17, 15) is 19.2 Å². The molecular formula is C38H52O11S2. The summed E-state index contributed by atoms with van der Waals surface area (Å²) in [7, 11) is 3.93. The number of hydrogen-bond donors (Lipinski definition) is 0. The minimum absolute atomic E-state index is 0.0560. The van der Waals surface area contributed by atoms with E-state index in [0.717, 1.165) is 54.9 Å². The zero-order chi connectivity index (χ0) is 35.6. The Morgan fingerprint density at radius 2 is 1.65 bits per heavy atom. The number of carbonyl (C=O) groups is 4. The molecule has 0 radical (unpaired) electrons. The molecule has 3 aliphatic carbocycles. The lowest BCUT2D eigenvalue weighted by molar-refractivity contribution is -0.170. The molecule has 0 aromatic heterocycles. The van der Waals surface area contributed by atoms with E-state index in [2.05, 4.69) is 20.8 Å². The number of rotatable bonds is 17. The molecule has 0 aromatic rings. The molecule has 8 rings (SSSR count). The normalized spacial score (nSPS) is 40.6. The molecule has 8 aliphatic rings. The quantitative estimate of drug-likeness (QED) is 0.0583. The van der Waals surface area contributed by atoms with Crippen molar-refractivity contribution in [2.24, 2.45) is 17.3 Å². The van der Waals surface area contributed by atoms with Gasteiger partial charge < -0.3 is 33.2 Å². The Labute approximate surface area is 308 Å². The van der Waals surface area contributed by atoms with E-state index in [4.69, 9.17) is 33.2 Å². The average Bonchev–Trinajstić information content (AvgIpc) is 4.05. The highest BCUT2D eigenvalue weighted by atomic mass is 33.1. The standard InChI is InChI=1S/C38H52O11S2/c1-22(2)36-31(48-36)32-38(49-32)35(3)16-14-24-25(21-45-33(24)42)26(35)20-27-37(38,47-27)34(36)46-30(41)13-12-29(40)44-18-9-5-4-8-17-43-28(39)11-7-6-10-23-15-19-50-51-23/h22-23,26-27,31-32,34H,4-21H2,1-3H3/t23?,26-,27-,31-,32-,34+,35-,36-,37+,38+/m0/s1. The summed E-state index contributed by atoms with van der Waals surface area (Å²) in [5.41, 5.74) is -0.607. The highest BCUT2D eigenvalue weighted by Gasteiger charge is 3.01. The molecule has 0 amide bonds. The van der Waals surface area contributed by atoms with Crippen molar-refractivity contribution in [3.8, 4) is 0 Å². The van der Waals surface area contributed by atoms with Crippen LogP contribution in [0.15, 0.2) is 11.1 Å². The molecule has 5 heterocycles. The minimum Gasteiger partial charge on any atom is -0.466 e. The Kier molecular flexibility index (Phi) is 9.80. The summed E-state index contributed by atoms with van der Waals surface area (Å²) in [6.07, 6.45) is 8.94. The molecule has 0 aromatic carbocycles. The van der Waals surface area contributed by atoms with E-state index in [1.165, 1.54) is 18.6 Å². The Morgan fingerprint density at radius 3 is 2.37 bits per heavy atom. The lowest BCUT2D eigenvalue weighted by atomic mass is 9.46. The third kappa shape index (κ3) is 5.89. The summed E-state index contributed by atoms with van der Waals surface area (Å²) in [6, 6.07) is 0. The van der Waals surface area contributed by atoms with Gasteiger partial charge in [-0.2, -0.15) is 0 Å². The number of hydrogen-bond acceptors (Lipinski definition) is 13. The number of carbonyl (C=O) groups excluding carboxylic acids is 4. The van der Waals surface area contributed by atoms with Gasteiger partial charge in [0.1, 0.15) is 30.0 Å². The summed E-state index contributed by atoms with van der Waals surface area (Å²) < 4.78 is 42.5. The molecule has 1 unspecified atom stereocenters. The van der Waals surface area contributed by atoms with E-state index < -0.39 is 34.8 Å². The molecule has 282 valence electrons. The van der Waals surface area contributed by atoms with Gasteiger partial charge in [0, 0.05) is 28.4 Å². The average molecular weight is 749 g/mol. The van der Waals surface area contributed by atoms with E-state index in [0.29, 0.717) is 38.9 Å². The predicted octanol–water partition coefficient (Wildman–Crippen LogP) is 5.80. The first kappa shape index (κ1) is 36.2. The van der Waals surface area contributed by atoms with Crippen molar-refractivity contribution in [3.05, 3.63) is 11.1 Å². The smallest absolute Gasteiger partial charge is 0.334 e. The second-order valence-electron chi connectivity index (χ2n) is 16.3. The SMILES string of the molecule is CC(C)[C@]12O[C@H]1[C@@H]1O[C@]13[C@]1(O[C@H]1C[C@H]1C4=C(CC[C@@]13C)C(=O)OC4)[C@@H]2OC(=O)CCC(=O)OCCCCCCOC(=O)CCCCC1CCSS1. The molecule has 0 bridgehead atoms. The van der Waals surface area contributed by atoms with Crippen LogP contribution in [-0.4, -0.2) is 95.9 Å². The van der Waals surface area contributed by atoms with Gasteiger partial charge in [-0.25, -0.2) is 4.79 Å². The monoisotopic (exact) mass is 748 g/mol. The van der Waals surface area contributed by atoms with Crippen LogP contribution in [0.1, 0.15) is 111 Å². The largest absolute Gasteiger partial charge is 0.466 e. The van der Waals surface area contributed by atoms with Crippen molar-refractivity contribution in [2.45, 2.75) is 157 Å². The summed E-state index contributed by atoms with van der Waals surface area (Å²) in [6.45, 7) is 7.45. The van der Waals surface area contributed by atoms with E-state index in [1.54, 1.807) is 0 Å². The van der Waals surface area contributed by atoms with Gasteiger partial charge in [0.2, 0.25) is 0 Å². The summed E-state index contributed by atoms with van der Waals surface area (Å²) in [5, 5.41) is 0.749. The zero-order valence-electron chi connectivity index (χ0n) is 30.1. The predicted molar refractivity (Wildman–Crippen MR) is 188 cm³/mol. The van der Waals surface area contributed by atoms with Gasteiger partial charge in [-0.15, -0.1) is 0 Å². The van der Waals surface area contributed by atoms with Crippen LogP contribution < -0.4 is 0 Å². The fourth-order valence-corrected chi connectivity index (χ4v) is 13.5. The van der Waals surface area contributed by atoms with E-state index in [1.807, 2.05) is 21.6 Å². The van der Waals surface area contributed by atoms with Gasteiger partial charge in [-0.1, -0.05) is 48.8 Å². The van der Waals surface area contributed by atoms with Gasteiger partial charge in [-0.3, -0.25) is 14.4 Å². The fourth-order valence-electron chi connectivity index (χ4n) is 10.5. The second kappa shape index (κ2) is 13.8. The van der Waals surface area contributed by atoms with Crippen LogP contribution in [0.5, 0.6) is 0 Å². The van der Waals surface area contributed by atoms with Crippen molar-refractivity contribution in [2.75, 3.05) is 25.6 Å². The third-order valence-corrected chi connectivity index (χ3v) is 16.3. The lowest BCUT2D eigenvalue weighted by Gasteiger charge is -2.53.